The highest BCUT2D eigenvalue weighted by molar-refractivity contribution is 7.99. The van der Waals surface area contributed by atoms with E-state index in [-0.39, 0.29) is 17.6 Å². The topological polar surface area (TPSA) is 112 Å². The van der Waals surface area contributed by atoms with Crippen LogP contribution in [0.15, 0.2) is 23.6 Å². The van der Waals surface area contributed by atoms with Crippen LogP contribution in [0, 0.1) is 0 Å². The molecule has 0 radical (unpaired) electrons. The maximum Gasteiger partial charge on any atom is 0.237 e. The molecule has 19 heavy (non-hydrogen) atoms. The van der Waals surface area contributed by atoms with E-state index in [0.29, 0.717) is 17.4 Å². The molecule has 0 unspecified atom stereocenters. The summed E-state index contributed by atoms with van der Waals surface area (Å²) in [5.41, 5.74) is 0. The van der Waals surface area contributed by atoms with Gasteiger partial charge >= 0.3 is 0 Å². The number of nitrogens with two attached hydrogens (primary N) is 1. The molecule has 8 nitrogen and oxygen atoms in total. The number of aromatic nitrogens is 5. The molecule has 2 heterocycles. The summed E-state index contributed by atoms with van der Waals surface area (Å²) in [5, 5.41) is 10.9. The van der Waals surface area contributed by atoms with Gasteiger partial charge in [0.15, 0.2) is 5.82 Å². The van der Waals surface area contributed by atoms with Gasteiger partial charge in [0.1, 0.15) is 0 Å². The number of carbonyl (C=O) groups is 1. The molecular formula is C10H13N7OS. The molecule has 0 aliphatic carbocycles. The fourth-order valence-electron chi connectivity index (χ4n) is 1.30. The normalized spacial score (nSPS) is 10.4. The zero-order valence-corrected chi connectivity index (χ0v) is 11.1. The Bertz CT molecular complexity index is 556. The number of nitrogens with zero attached hydrogens (tertiary/aromatic N) is 5. The highest BCUT2D eigenvalue weighted by Crippen LogP contribution is 2.14. The number of carbonyl (C=O) groups excluding carboxylic acids is 1. The van der Waals surface area contributed by atoms with Crippen LogP contribution in [0.2, 0.25) is 0 Å². The average Bonchev–Trinajstić information content (AvgIpc) is 2.78. The Morgan fingerprint density at radius 3 is 2.79 bits per heavy atom. The van der Waals surface area contributed by atoms with Crippen LogP contribution in [0.4, 0.5) is 5.95 Å². The molecule has 0 saturated carbocycles. The lowest BCUT2D eigenvalue weighted by molar-refractivity contribution is -0.113. The fraction of sp³-hybridized carbons (Fsp3) is 0.300. The number of nitrogens with one attached hydrogen (secondary N) is 1. The number of hydrogen-bond donors (Lipinski definition) is 2. The van der Waals surface area contributed by atoms with Crippen molar-refractivity contribution in [2.75, 3.05) is 16.9 Å². The van der Waals surface area contributed by atoms with Crippen molar-refractivity contribution in [2.45, 2.75) is 18.5 Å². The van der Waals surface area contributed by atoms with Gasteiger partial charge in [-0.05, 0) is 6.07 Å². The van der Waals surface area contributed by atoms with Gasteiger partial charge in [-0.3, -0.25) is 10.1 Å². The van der Waals surface area contributed by atoms with Crippen LogP contribution in [0.5, 0.6) is 0 Å². The Labute approximate surface area is 113 Å². The number of nitrogen functional groups attached to an aromatic ring is 1. The Kier molecular flexibility index (Phi) is 4.29. The van der Waals surface area contributed by atoms with Crippen LogP contribution < -0.4 is 11.2 Å². The van der Waals surface area contributed by atoms with Crippen molar-refractivity contribution in [3.63, 3.8) is 0 Å². The monoisotopic (exact) mass is 279 g/mol. The molecule has 0 atom stereocenters. The second-order valence-electron chi connectivity index (χ2n) is 3.53. The van der Waals surface area contributed by atoms with Crippen molar-refractivity contribution in [3.8, 4) is 0 Å². The van der Waals surface area contributed by atoms with Crippen LogP contribution >= 0.6 is 11.8 Å². The van der Waals surface area contributed by atoms with Gasteiger partial charge in [0.05, 0.1) is 5.75 Å². The quantitative estimate of drug-likeness (QED) is 0.588. The number of anilines is 1. The summed E-state index contributed by atoms with van der Waals surface area (Å²) in [5.74, 6) is 6.66. The number of thioether (sulfide) groups is 1. The van der Waals surface area contributed by atoms with E-state index in [0.717, 1.165) is 0 Å². The van der Waals surface area contributed by atoms with Crippen molar-refractivity contribution < 1.29 is 4.79 Å². The first-order chi connectivity index (χ1) is 9.20. The molecule has 9 heteroatoms. The Morgan fingerprint density at radius 2 is 2.16 bits per heavy atom. The maximum absolute atomic E-state index is 11.7. The summed E-state index contributed by atoms with van der Waals surface area (Å²) in [6.45, 7) is 1.93. The van der Waals surface area contributed by atoms with Gasteiger partial charge in [0, 0.05) is 18.8 Å². The molecule has 0 aliphatic rings. The van der Waals surface area contributed by atoms with Gasteiger partial charge in [0.2, 0.25) is 17.0 Å². The molecule has 3 N–H and O–H groups in total. The first kappa shape index (κ1) is 13.3. The van der Waals surface area contributed by atoms with Crippen LogP contribution in [-0.4, -0.2) is 36.5 Å². The zero-order chi connectivity index (χ0) is 13.7. The number of amides is 1. The molecular weight excluding hydrogens is 266 g/mol. The van der Waals surface area contributed by atoms with Crippen molar-refractivity contribution >= 4 is 23.6 Å². The van der Waals surface area contributed by atoms with Crippen molar-refractivity contribution in [1.82, 2.24) is 24.8 Å². The summed E-state index contributed by atoms with van der Waals surface area (Å²) in [7, 11) is 0. The van der Waals surface area contributed by atoms with E-state index >= 15 is 0 Å². The van der Waals surface area contributed by atoms with Gasteiger partial charge in [0.25, 0.3) is 0 Å². The molecule has 1 amide bonds. The van der Waals surface area contributed by atoms with Gasteiger partial charge in [-0.15, -0.1) is 10.2 Å². The summed E-state index contributed by atoms with van der Waals surface area (Å²) >= 11 is 1.21. The lowest BCUT2D eigenvalue weighted by atomic mass is 10.5. The predicted molar refractivity (Wildman–Crippen MR) is 70.9 cm³/mol. The Morgan fingerprint density at radius 1 is 1.42 bits per heavy atom. The second kappa shape index (κ2) is 6.14. The second-order valence-corrected chi connectivity index (χ2v) is 4.47. The summed E-state index contributed by atoms with van der Waals surface area (Å²) in [4.78, 5) is 19.5. The van der Waals surface area contributed by atoms with Gasteiger partial charge < -0.3 is 5.84 Å². The highest BCUT2D eigenvalue weighted by Gasteiger charge is 2.11. The Hall–Kier alpha value is -2.16. The van der Waals surface area contributed by atoms with E-state index in [1.165, 1.54) is 16.4 Å². The SMILES string of the molecule is CCc1nnc(SCC(=O)Nc2ncccn2)n1N. The van der Waals surface area contributed by atoms with E-state index in [4.69, 9.17) is 5.84 Å². The largest absolute Gasteiger partial charge is 0.336 e. The van der Waals surface area contributed by atoms with Crippen molar-refractivity contribution in [2.24, 2.45) is 0 Å². The molecule has 2 aromatic rings. The average molecular weight is 279 g/mol. The predicted octanol–water partition coefficient (Wildman–Crippen LogP) is 0.0751. The van der Waals surface area contributed by atoms with E-state index < -0.39 is 0 Å². The van der Waals surface area contributed by atoms with E-state index in [1.54, 1.807) is 18.5 Å². The van der Waals surface area contributed by atoms with Crippen LogP contribution in [0.25, 0.3) is 0 Å². The minimum Gasteiger partial charge on any atom is -0.336 e. The number of rotatable bonds is 5. The van der Waals surface area contributed by atoms with Crippen LogP contribution in [0.1, 0.15) is 12.7 Å². The number of aryl methyl sites for hydroxylation is 1. The zero-order valence-electron chi connectivity index (χ0n) is 10.3. The molecule has 0 saturated heterocycles. The van der Waals surface area contributed by atoms with E-state index in [9.17, 15) is 4.79 Å². The highest BCUT2D eigenvalue weighted by atomic mass is 32.2. The third-order valence-electron chi connectivity index (χ3n) is 2.20. The fourth-order valence-corrected chi connectivity index (χ4v) is 1.98. The number of hydrogen-bond acceptors (Lipinski definition) is 7. The van der Waals surface area contributed by atoms with E-state index in [1.807, 2.05) is 6.92 Å². The lowest BCUT2D eigenvalue weighted by Gasteiger charge is -2.03. The molecule has 0 bridgehead atoms. The van der Waals surface area contributed by atoms with Gasteiger partial charge in [-0.2, -0.15) is 0 Å². The minimum atomic E-state index is -0.225. The first-order valence-electron chi connectivity index (χ1n) is 5.59. The Balaban J connectivity index is 1.88. The van der Waals surface area contributed by atoms with Gasteiger partial charge in [-0.1, -0.05) is 18.7 Å². The first-order valence-corrected chi connectivity index (χ1v) is 6.58. The molecule has 0 spiro atoms. The third kappa shape index (κ3) is 3.41. The molecule has 2 aromatic heterocycles. The van der Waals surface area contributed by atoms with Crippen LogP contribution in [0.3, 0.4) is 0 Å². The molecule has 2 rings (SSSR count). The summed E-state index contributed by atoms with van der Waals surface area (Å²) in [6, 6.07) is 1.67. The van der Waals surface area contributed by atoms with Crippen LogP contribution in [-0.2, 0) is 11.2 Å². The summed E-state index contributed by atoms with van der Waals surface area (Å²) < 4.78 is 1.39. The standard InChI is InChI=1S/C10H13N7OS/c1-2-7-15-16-10(17(7)11)19-6-8(18)14-9-12-4-3-5-13-9/h3-5H,2,6,11H2,1H3,(H,12,13,14,18). The maximum atomic E-state index is 11.7. The summed E-state index contributed by atoms with van der Waals surface area (Å²) in [6.07, 6.45) is 3.80. The third-order valence-corrected chi connectivity index (χ3v) is 3.14. The lowest BCUT2D eigenvalue weighted by Crippen LogP contribution is -2.18. The minimum absolute atomic E-state index is 0.164. The molecule has 0 aromatic carbocycles. The molecule has 0 fully saturated rings. The smallest absolute Gasteiger partial charge is 0.237 e. The van der Waals surface area contributed by atoms with Crippen molar-refractivity contribution in [1.29, 1.82) is 0 Å². The van der Waals surface area contributed by atoms with Crippen molar-refractivity contribution in [3.05, 3.63) is 24.3 Å². The molecule has 100 valence electrons. The van der Waals surface area contributed by atoms with Gasteiger partial charge in [-0.25, -0.2) is 14.6 Å². The molecule has 0 aliphatic heterocycles. The van der Waals surface area contributed by atoms with E-state index in [2.05, 4.69) is 25.5 Å².